The van der Waals surface area contributed by atoms with Gasteiger partial charge in [-0.25, -0.2) is 0 Å². The Labute approximate surface area is 114 Å². The van der Waals surface area contributed by atoms with Crippen molar-refractivity contribution in [3.8, 4) is 0 Å². The van der Waals surface area contributed by atoms with Crippen molar-refractivity contribution >= 4 is 5.97 Å². The maximum atomic E-state index is 12.0. The van der Waals surface area contributed by atoms with Crippen LogP contribution in [-0.4, -0.2) is 35.0 Å². The normalized spacial score (nSPS) is 20.2. The third kappa shape index (κ3) is 3.77. The van der Waals surface area contributed by atoms with Gasteiger partial charge in [0.15, 0.2) is 0 Å². The van der Waals surface area contributed by atoms with Crippen LogP contribution in [0.5, 0.6) is 0 Å². The largest absolute Gasteiger partial charge is 0.465 e. The Balaban J connectivity index is 2.05. The van der Waals surface area contributed by atoms with E-state index in [2.05, 4.69) is 16.0 Å². The van der Waals surface area contributed by atoms with Gasteiger partial charge in [0.2, 0.25) is 0 Å². The van der Waals surface area contributed by atoms with Crippen molar-refractivity contribution in [2.75, 3.05) is 13.2 Å². The summed E-state index contributed by atoms with van der Waals surface area (Å²) >= 11 is 0. The Kier molecular flexibility index (Phi) is 4.91. The van der Waals surface area contributed by atoms with Gasteiger partial charge in [-0.05, 0) is 44.4 Å². The third-order valence-electron chi connectivity index (χ3n) is 3.49. The van der Waals surface area contributed by atoms with Gasteiger partial charge in [-0.1, -0.05) is 12.5 Å². The standard InChI is InChI=1S/C15H22N2O2/c1-3-19-15(18)14-6-4-5-7-17(14)11-13-8-12(2)9-16-10-13/h8-10,14H,3-7,11H2,1-2H3. The summed E-state index contributed by atoms with van der Waals surface area (Å²) in [7, 11) is 0. The first-order chi connectivity index (χ1) is 9.20. The summed E-state index contributed by atoms with van der Waals surface area (Å²) in [6, 6.07) is 2.04. The van der Waals surface area contributed by atoms with Crippen LogP contribution in [0, 0.1) is 6.92 Å². The number of esters is 1. The Bertz CT molecular complexity index is 434. The Morgan fingerprint density at radius 3 is 3.05 bits per heavy atom. The molecule has 2 rings (SSSR count). The van der Waals surface area contributed by atoms with Crippen LogP contribution in [-0.2, 0) is 16.1 Å². The first-order valence-electron chi connectivity index (χ1n) is 7.02. The van der Waals surface area contributed by atoms with Gasteiger partial charge < -0.3 is 4.74 Å². The van der Waals surface area contributed by atoms with E-state index in [4.69, 9.17) is 4.74 Å². The van der Waals surface area contributed by atoms with E-state index in [0.717, 1.165) is 43.5 Å². The van der Waals surface area contributed by atoms with Crippen molar-refractivity contribution in [3.63, 3.8) is 0 Å². The van der Waals surface area contributed by atoms with E-state index in [-0.39, 0.29) is 12.0 Å². The fourth-order valence-electron chi connectivity index (χ4n) is 2.62. The van der Waals surface area contributed by atoms with E-state index in [1.54, 1.807) is 0 Å². The summed E-state index contributed by atoms with van der Waals surface area (Å²) in [5, 5.41) is 0. The van der Waals surface area contributed by atoms with Gasteiger partial charge in [0.1, 0.15) is 6.04 Å². The second kappa shape index (κ2) is 6.66. The third-order valence-corrected chi connectivity index (χ3v) is 3.49. The Hall–Kier alpha value is -1.42. The van der Waals surface area contributed by atoms with Crippen LogP contribution in [0.15, 0.2) is 18.5 Å². The van der Waals surface area contributed by atoms with Crippen molar-refractivity contribution in [2.24, 2.45) is 0 Å². The summed E-state index contributed by atoms with van der Waals surface area (Å²) in [4.78, 5) is 18.4. The maximum absolute atomic E-state index is 12.0. The number of rotatable bonds is 4. The van der Waals surface area contributed by atoms with Crippen molar-refractivity contribution in [1.29, 1.82) is 0 Å². The van der Waals surface area contributed by atoms with Crippen LogP contribution in [0.3, 0.4) is 0 Å². The minimum absolute atomic E-state index is 0.0807. The average Bonchev–Trinajstić information content (AvgIpc) is 2.39. The number of piperidine rings is 1. The number of nitrogens with zero attached hydrogens (tertiary/aromatic N) is 2. The predicted octanol–water partition coefficient (Wildman–Crippen LogP) is 2.31. The lowest BCUT2D eigenvalue weighted by Crippen LogP contribution is -2.44. The number of carbonyl (C=O) groups is 1. The molecule has 1 unspecified atom stereocenters. The number of pyridine rings is 1. The molecule has 0 saturated carbocycles. The molecule has 1 aromatic rings. The maximum Gasteiger partial charge on any atom is 0.323 e. The van der Waals surface area contributed by atoms with Gasteiger partial charge in [0.05, 0.1) is 6.61 Å². The summed E-state index contributed by atoms with van der Waals surface area (Å²) in [6.45, 7) is 6.08. The molecule has 1 fully saturated rings. The number of carbonyl (C=O) groups excluding carboxylic acids is 1. The molecule has 2 heterocycles. The molecule has 0 radical (unpaired) electrons. The van der Waals surface area contributed by atoms with E-state index in [0.29, 0.717) is 6.61 Å². The molecule has 1 atom stereocenters. The van der Waals surface area contributed by atoms with E-state index in [9.17, 15) is 4.79 Å². The summed E-state index contributed by atoms with van der Waals surface area (Å²) < 4.78 is 5.18. The van der Waals surface area contributed by atoms with Crippen LogP contribution in [0.1, 0.15) is 37.3 Å². The molecule has 1 aliphatic heterocycles. The summed E-state index contributed by atoms with van der Waals surface area (Å²) in [5.74, 6) is -0.0807. The molecule has 4 nitrogen and oxygen atoms in total. The Morgan fingerprint density at radius 1 is 1.47 bits per heavy atom. The van der Waals surface area contributed by atoms with E-state index in [1.807, 2.05) is 26.2 Å². The van der Waals surface area contributed by atoms with Crippen LogP contribution in [0.4, 0.5) is 0 Å². The smallest absolute Gasteiger partial charge is 0.323 e. The van der Waals surface area contributed by atoms with Crippen molar-refractivity contribution in [1.82, 2.24) is 9.88 Å². The number of hydrogen-bond donors (Lipinski definition) is 0. The number of hydrogen-bond acceptors (Lipinski definition) is 4. The van der Waals surface area contributed by atoms with Crippen molar-refractivity contribution in [2.45, 2.75) is 45.7 Å². The number of ether oxygens (including phenoxy) is 1. The fourth-order valence-corrected chi connectivity index (χ4v) is 2.62. The number of likely N-dealkylation sites (tertiary alicyclic amines) is 1. The highest BCUT2D eigenvalue weighted by Crippen LogP contribution is 2.20. The lowest BCUT2D eigenvalue weighted by molar-refractivity contribution is -0.151. The van der Waals surface area contributed by atoms with Crippen molar-refractivity contribution in [3.05, 3.63) is 29.6 Å². The quantitative estimate of drug-likeness (QED) is 0.781. The molecule has 1 aliphatic rings. The average molecular weight is 262 g/mol. The molecule has 0 aliphatic carbocycles. The molecule has 0 aromatic carbocycles. The zero-order valence-electron chi connectivity index (χ0n) is 11.8. The summed E-state index contributed by atoms with van der Waals surface area (Å²) in [6.07, 6.45) is 6.88. The highest BCUT2D eigenvalue weighted by atomic mass is 16.5. The van der Waals surface area contributed by atoms with Gasteiger partial charge >= 0.3 is 5.97 Å². The Morgan fingerprint density at radius 2 is 2.32 bits per heavy atom. The van der Waals surface area contributed by atoms with Gasteiger partial charge in [0.25, 0.3) is 0 Å². The molecule has 4 heteroatoms. The number of aryl methyl sites for hydroxylation is 1. The monoisotopic (exact) mass is 262 g/mol. The molecule has 1 saturated heterocycles. The van der Waals surface area contributed by atoms with Gasteiger partial charge in [-0.3, -0.25) is 14.7 Å². The minimum atomic E-state index is -0.0887. The fraction of sp³-hybridized carbons (Fsp3) is 0.600. The molecule has 19 heavy (non-hydrogen) atoms. The van der Waals surface area contributed by atoms with Crippen LogP contribution >= 0.6 is 0 Å². The second-order valence-electron chi connectivity index (χ2n) is 5.10. The van der Waals surface area contributed by atoms with Gasteiger partial charge in [-0.2, -0.15) is 0 Å². The van der Waals surface area contributed by atoms with Gasteiger partial charge in [-0.15, -0.1) is 0 Å². The van der Waals surface area contributed by atoms with Crippen LogP contribution in [0.25, 0.3) is 0 Å². The molecular weight excluding hydrogens is 240 g/mol. The molecule has 0 spiro atoms. The topological polar surface area (TPSA) is 42.4 Å². The lowest BCUT2D eigenvalue weighted by Gasteiger charge is -2.33. The van der Waals surface area contributed by atoms with Crippen LogP contribution in [0.2, 0.25) is 0 Å². The zero-order valence-corrected chi connectivity index (χ0v) is 11.8. The predicted molar refractivity (Wildman–Crippen MR) is 73.7 cm³/mol. The van der Waals surface area contributed by atoms with E-state index < -0.39 is 0 Å². The lowest BCUT2D eigenvalue weighted by atomic mass is 10.0. The molecule has 104 valence electrons. The van der Waals surface area contributed by atoms with Gasteiger partial charge in [0, 0.05) is 18.9 Å². The minimum Gasteiger partial charge on any atom is -0.465 e. The van der Waals surface area contributed by atoms with Crippen LogP contribution < -0.4 is 0 Å². The molecule has 0 N–H and O–H groups in total. The molecular formula is C15H22N2O2. The highest BCUT2D eigenvalue weighted by molar-refractivity contribution is 5.75. The SMILES string of the molecule is CCOC(=O)C1CCCCN1Cc1cncc(C)c1. The molecule has 0 amide bonds. The first-order valence-corrected chi connectivity index (χ1v) is 7.02. The zero-order chi connectivity index (χ0) is 13.7. The van der Waals surface area contributed by atoms with E-state index >= 15 is 0 Å². The molecule has 0 bridgehead atoms. The van der Waals surface area contributed by atoms with E-state index in [1.165, 1.54) is 0 Å². The number of aromatic nitrogens is 1. The summed E-state index contributed by atoms with van der Waals surface area (Å²) in [5.41, 5.74) is 2.32. The highest BCUT2D eigenvalue weighted by Gasteiger charge is 2.29. The molecule has 1 aromatic heterocycles. The second-order valence-corrected chi connectivity index (χ2v) is 5.10. The van der Waals surface area contributed by atoms with Crippen molar-refractivity contribution < 1.29 is 9.53 Å². The first kappa shape index (κ1) is 14.0.